The van der Waals surface area contributed by atoms with Crippen molar-refractivity contribution in [2.75, 3.05) is 25.1 Å². The van der Waals surface area contributed by atoms with E-state index in [9.17, 15) is 9.59 Å². The van der Waals surface area contributed by atoms with Crippen molar-refractivity contribution in [2.24, 2.45) is 0 Å². The summed E-state index contributed by atoms with van der Waals surface area (Å²) in [5, 5.41) is 14.3. The van der Waals surface area contributed by atoms with E-state index in [-0.39, 0.29) is 18.9 Å². The van der Waals surface area contributed by atoms with Crippen LogP contribution in [0.15, 0.2) is 53.9 Å². The number of ether oxygens (including phenoxy) is 1. The molecule has 0 saturated carbocycles. The van der Waals surface area contributed by atoms with Gasteiger partial charge in [0, 0.05) is 36.1 Å². The second kappa shape index (κ2) is 12.0. The molecule has 0 aliphatic heterocycles. The molecule has 7 nitrogen and oxygen atoms in total. The summed E-state index contributed by atoms with van der Waals surface area (Å²) >= 11 is 1.61. The normalized spacial score (nSPS) is 10.6. The summed E-state index contributed by atoms with van der Waals surface area (Å²) in [5.41, 5.74) is 3.44. The van der Waals surface area contributed by atoms with Crippen LogP contribution < -0.4 is 15.0 Å². The van der Waals surface area contributed by atoms with Gasteiger partial charge in [0.25, 0.3) is 5.91 Å². The summed E-state index contributed by atoms with van der Waals surface area (Å²) in [6.45, 7) is 3.84. The molecule has 0 aliphatic carbocycles. The molecule has 3 rings (SSSR count). The van der Waals surface area contributed by atoms with Crippen molar-refractivity contribution >= 4 is 28.3 Å². The highest BCUT2D eigenvalue weighted by atomic mass is 32.1. The number of anilines is 1. The third kappa shape index (κ3) is 6.79. The second-order valence-corrected chi connectivity index (χ2v) is 8.42. The second-order valence-electron chi connectivity index (χ2n) is 7.59. The van der Waals surface area contributed by atoms with Gasteiger partial charge in [-0.25, -0.2) is 4.98 Å². The highest BCUT2D eigenvalue weighted by Crippen LogP contribution is 2.33. The van der Waals surface area contributed by atoms with Crippen LogP contribution >= 0.6 is 11.3 Å². The number of aliphatic carboxylic acids is 1. The number of aromatic nitrogens is 1. The number of benzene rings is 2. The molecule has 0 fully saturated rings. The van der Waals surface area contributed by atoms with E-state index in [2.05, 4.69) is 22.5 Å². The minimum atomic E-state index is -0.936. The Kier molecular flexibility index (Phi) is 8.83. The van der Waals surface area contributed by atoms with Crippen molar-refractivity contribution in [3.8, 4) is 17.0 Å². The zero-order valence-corrected chi connectivity index (χ0v) is 19.7. The number of carbonyl (C=O) groups is 2. The molecular weight excluding hydrogens is 438 g/mol. The molecule has 3 aromatic rings. The van der Waals surface area contributed by atoms with Crippen LogP contribution in [0.4, 0.5) is 5.13 Å². The van der Waals surface area contributed by atoms with Gasteiger partial charge in [-0.1, -0.05) is 37.6 Å². The van der Waals surface area contributed by atoms with E-state index in [4.69, 9.17) is 14.8 Å². The van der Waals surface area contributed by atoms with E-state index in [0.29, 0.717) is 12.1 Å². The summed E-state index contributed by atoms with van der Waals surface area (Å²) < 4.78 is 5.49. The van der Waals surface area contributed by atoms with Crippen molar-refractivity contribution in [3.63, 3.8) is 0 Å². The SMILES string of the molecule is CCCCN(Cc1ccc(C(=O)NCCC(=O)O)cc1)c1nc(-c2ccccc2OC)cs1. The van der Waals surface area contributed by atoms with Crippen molar-refractivity contribution in [1.29, 1.82) is 0 Å². The number of rotatable bonds is 12. The number of thiazole rings is 1. The zero-order chi connectivity index (χ0) is 23.6. The number of nitrogens with zero attached hydrogens (tertiary/aromatic N) is 2. The molecule has 0 saturated heterocycles. The van der Waals surface area contributed by atoms with Gasteiger partial charge < -0.3 is 20.1 Å². The quantitative estimate of drug-likeness (QED) is 0.396. The molecule has 1 aromatic heterocycles. The van der Waals surface area contributed by atoms with Crippen LogP contribution in [0, 0.1) is 0 Å². The maximum Gasteiger partial charge on any atom is 0.305 e. The minimum absolute atomic E-state index is 0.0964. The van der Waals surface area contributed by atoms with E-state index in [0.717, 1.165) is 47.1 Å². The molecule has 0 radical (unpaired) electrons. The fourth-order valence-corrected chi connectivity index (χ4v) is 4.20. The van der Waals surface area contributed by atoms with Gasteiger partial charge >= 0.3 is 5.97 Å². The number of hydrogen-bond acceptors (Lipinski definition) is 6. The van der Waals surface area contributed by atoms with E-state index >= 15 is 0 Å². The number of amides is 1. The molecule has 2 N–H and O–H groups in total. The topological polar surface area (TPSA) is 91.8 Å². The van der Waals surface area contributed by atoms with E-state index in [1.165, 1.54) is 0 Å². The van der Waals surface area contributed by atoms with Gasteiger partial charge in [-0.3, -0.25) is 9.59 Å². The number of unbranched alkanes of at least 4 members (excludes halogenated alkanes) is 1. The van der Waals surface area contributed by atoms with Gasteiger partial charge in [0.05, 0.1) is 19.2 Å². The Morgan fingerprint density at radius 2 is 1.91 bits per heavy atom. The standard InChI is InChI=1S/C25H29N3O4S/c1-3-4-15-28(25-27-21(17-33-25)20-7-5-6-8-22(20)32-2)16-18-9-11-19(12-10-18)24(31)26-14-13-23(29)30/h5-12,17H,3-4,13-16H2,1-2H3,(H,26,31)(H,29,30). The van der Waals surface area contributed by atoms with Crippen LogP contribution in [0.2, 0.25) is 0 Å². The first-order valence-electron chi connectivity index (χ1n) is 10.9. The summed E-state index contributed by atoms with van der Waals surface area (Å²) in [7, 11) is 1.66. The molecule has 0 unspecified atom stereocenters. The lowest BCUT2D eigenvalue weighted by Crippen LogP contribution is -2.26. The van der Waals surface area contributed by atoms with Crippen LogP contribution in [0.5, 0.6) is 5.75 Å². The van der Waals surface area contributed by atoms with Crippen molar-refractivity contribution in [2.45, 2.75) is 32.7 Å². The van der Waals surface area contributed by atoms with Crippen molar-refractivity contribution in [1.82, 2.24) is 10.3 Å². The minimum Gasteiger partial charge on any atom is -0.496 e. The maximum atomic E-state index is 12.2. The summed E-state index contributed by atoms with van der Waals surface area (Å²) in [4.78, 5) is 29.9. The predicted molar refractivity (Wildman–Crippen MR) is 131 cm³/mol. The van der Waals surface area contributed by atoms with Crippen LogP contribution in [-0.4, -0.2) is 42.2 Å². The number of para-hydroxylation sites is 1. The third-order valence-corrected chi connectivity index (χ3v) is 6.04. The largest absolute Gasteiger partial charge is 0.496 e. The first-order chi connectivity index (χ1) is 16.0. The van der Waals surface area contributed by atoms with Gasteiger partial charge in [0.2, 0.25) is 0 Å². The Balaban J connectivity index is 1.72. The Hall–Kier alpha value is -3.39. The Labute approximate surface area is 198 Å². The molecule has 8 heteroatoms. The fourth-order valence-electron chi connectivity index (χ4n) is 3.35. The van der Waals surface area contributed by atoms with E-state index in [1.807, 2.05) is 36.4 Å². The molecule has 0 bridgehead atoms. The van der Waals surface area contributed by atoms with Gasteiger partial charge in [-0.2, -0.15) is 0 Å². The molecular formula is C25H29N3O4S. The highest BCUT2D eigenvalue weighted by molar-refractivity contribution is 7.14. The summed E-state index contributed by atoms with van der Waals surface area (Å²) in [6.07, 6.45) is 2.03. The average Bonchev–Trinajstić information content (AvgIpc) is 3.32. The number of carboxylic acid groups (broad SMARTS) is 1. The van der Waals surface area contributed by atoms with Gasteiger partial charge in [0.1, 0.15) is 5.75 Å². The predicted octanol–water partition coefficient (Wildman–Crippen LogP) is 4.83. The lowest BCUT2D eigenvalue weighted by Gasteiger charge is -2.22. The first kappa shape index (κ1) is 24.3. The average molecular weight is 468 g/mol. The lowest BCUT2D eigenvalue weighted by atomic mass is 10.1. The smallest absolute Gasteiger partial charge is 0.305 e. The number of carbonyl (C=O) groups excluding carboxylic acids is 1. The lowest BCUT2D eigenvalue weighted by molar-refractivity contribution is -0.136. The number of hydrogen-bond donors (Lipinski definition) is 2. The zero-order valence-electron chi connectivity index (χ0n) is 18.9. The maximum absolute atomic E-state index is 12.2. The van der Waals surface area contributed by atoms with Crippen LogP contribution in [0.25, 0.3) is 11.3 Å². The van der Waals surface area contributed by atoms with E-state index in [1.54, 1.807) is 30.6 Å². The molecule has 0 aliphatic rings. The highest BCUT2D eigenvalue weighted by Gasteiger charge is 2.15. The number of carboxylic acids is 1. The first-order valence-corrected chi connectivity index (χ1v) is 11.8. The Morgan fingerprint density at radius 1 is 1.15 bits per heavy atom. The fraction of sp³-hybridized carbons (Fsp3) is 0.320. The molecule has 33 heavy (non-hydrogen) atoms. The Morgan fingerprint density at radius 3 is 2.61 bits per heavy atom. The van der Waals surface area contributed by atoms with Crippen LogP contribution in [-0.2, 0) is 11.3 Å². The summed E-state index contributed by atoms with van der Waals surface area (Å²) in [6, 6.07) is 15.3. The molecule has 0 spiro atoms. The van der Waals surface area contributed by atoms with Crippen molar-refractivity contribution in [3.05, 3.63) is 65.0 Å². The van der Waals surface area contributed by atoms with E-state index < -0.39 is 5.97 Å². The number of nitrogens with one attached hydrogen (secondary N) is 1. The van der Waals surface area contributed by atoms with Gasteiger partial charge in [-0.15, -0.1) is 11.3 Å². The van der Waals surface area contributed by atoms with Crippen molar-refractivity contribution < 1.29 is 19.4 Å². The molecule has 2 aromatic carbocycles. The van der Waals surface area contributed by atoms with Crippen LogP contribution in [0.3, 0.4) is 0 Å². The molecule has 1 heterocycles. The number of methoxy groups -OCH3 is 1. The van der Waals surface area contributed by atoms with Crippen LogP contribution in [0.1, 0.15) is 42.1 Å². The van der Waals surface area contributed by atoms with Gasteiger partial charge in [0.15, 0.2) is 5.13 Å². The summed E-state index contributed by atoms with van der Waals surface area (Å²) in [5.74, 6) is -0.410. The monoisotopic (exact) mass is 467 g/mol. The third-order valence-electron chi connectivity index (χ3n) is 5.14. The Bertz CT molecular complexity index is 1070. The molecule has 0 atom stereocenters. The molecule has 174 valence electrons. The van der Waals surface area contributed by atoms with Gasteiger partial charge in [-0.05, 0) is 36.2 Å². The molecule has 1 amide bonds.